The van der Waals surface area contributed by atoms with Crippen molar-refractivity contribution >= 4 is 17.5 Å². The molecule has 2 unspecified atom stereocenters. The summed E-state index contributed by atoms with van der Waals surface area (Å²) in [6.07, 6.45) is 3.78. The van der Waals surface area contributed by atoms with E-state index in [1.165, 1.54) is 0 Å². The summed E-state index contributed by atoms with van der Waals surface area (Å²) in [6.45, 7) is 3.17. The quantitative estimate of drug-likeness (QED) is 0.664. The molecule has 1 heterocycles. The van der Waals surface area contributed by atoms with Crippen LogP contribution in [0.25, 0.3) is 0 Å². The van der Waals surface area contributed by atoms with Gasteiger partial charge < -0.3 is 20.6 Å². The average molecular weight is 384 g/mol. The van der Waals surface area contributed by atoms with Gasteiger partial charge in [0.25, 0.3) is 5.91 Å². The lowest BCUT2D eigenvalue weighted by Crippen LogP contribution is -2.48. The molecule has 7 heteroatoms. The molecule has 28 heavy (non-hydrogen) atoms. The number of nitrogens with one attached hydrogen (secondary N) is 2. The Morgan fingerprint density at radius 1 is 1.36 bits per heavy atom. The summed E-state index contributed by atoms with van der Waals surface area (Å²) in [5, 5.41) is 24.6. The maximum Gasteiger partial charge on any atom is 0.253 e. The summed E-state index contributed by atoms with van der Waals surface area (Å²) in [7, 11) is 0. The van der Waals surface area contributed by atoms with Gasteiger partial charge in [-0.3, -0.25) is 9.59 Å². The first-order chi connectivity index (χ1) is 13.4. The SMILES string of the molecule is CC(C#N)(NC(=O)CNc1cccc(C(=O)N2CCCC(CO)C2)c1)C1CC1. The van der Waals surface area contributed by atoms with Gasteiger partial charge in [-0.15, -0.1) is 0 Å². The molecule has 3 rings (SSSR count). The Morgan fingerprint density at radius 2 is 2.14 bits per heavy atom. The Morgan fingerprint density at radius 3 is 2.82 bits per heavy atom. The molecule has 2 fully saturated rings. The number of nitriles is 1. The van der Waals surface area contributed by atoms with Crippen molar-refractivity contribution in [3.63, 3.8) is 0 Å². The van der Waals surface area contributed by atoms with E-state index in [4.69, 9.17) is 0 Å². The lowest BCUT2D eigenvalue weighted by Gasteiger charge is -2.32. The fourth-order valence-corrected chi connectivity index (χ4v) is 3.74. The molecule has 1 aliphatic heterocycles. The summed E-state index contributed by atoms with van der Waals surface area (Å²) in [4.78, 5) is 26.8. The van der Waals surface area contributed by atoms with Crippen LogP contribution in [0, 0.1) is 23.2 Å². The third-order valence-corrected chi connectivity index (χ3v) is 5.65. The standard InChI is InChI=1S/C21H28N4O3/c1-21(14-22,17-7-8-17)24-19(27)11-23-18-6-2-5-16(10-18)20(28)25-9-3-4-15(12-25)13-26/h2,5-6,10,15,17,23,26H,3-4,7-9,11-13H2,1H3,(H,24,27). The Balaban J connectivity index is 1.56. The number of piperidine rings is 1. The molecule has 150 valence electrons. The molecule has 7 nitrogen and oxygen atoms in total. The highest BCUT2D eigenvalue weighted by Crippen LogP contribution is 2.39. The zero-order valence-electron chi connectivity index (χ0n) is 16.3. The monoisotopic (exact) mass is 384 g/mol. The van der Waals surface area contributed by atoms with E-state index in [9.17, 15) is 20.0 Å². The molecule has 2 aliphatic rings. The second-order valence-electron chi connectivity index (χ2n) is 8.01. The van der Waals surface area contributed by atoms with Gasteiger partial charge >= 0.3 is 0 Å². The Bertz CT molecular complexity index is 771. The van der Waals surface area contributed by atoms with Crippen LogP contribution in [0.15, 0.2) is 24.3 Å². The molecule has 2 atom stereocenters. The number of benzene rings is 1. The lowest BCUT2D eigenvalue weighted by molar-refractivity contribution is -0.120. The van der Waals surface area contributed by atoms with E-state index < -0.39 is 5.54 Å². The second-order valence-corrected chi connectivity index (χ2v) is 8.01. The van der Waals surface area contributed by atoms with Gasteiger partial charge in [-0.25, -0.2) is 0 Å². The van der Waals surface area contributed by atoms with Gasteiger partial charge in [-0.2, -0.15) is 5.26 Å². The summed E-state index contributed by atoms with van der Waals surface area (Å²) in [6, 6.07) is 9.30. The van der Waals surface area contributed by atoms with Crippen molar-refractivity contribution in [3.8, 4) is 6.07 Å². The van der Waals surface area contributed by atoms with E-state index in [1.54, 1.807) is 36.1 Å². The minimum atomic E-state index is -0.811. The number of carbonyl (C=O) groups excluding carboxylic acids is 2. The summed E-state index contributed by atoms with van der Waals surface area (Å²) in [5.74, 6) is 0.0739. The molecule has 3 N–H and O–H groups in total. The van der Waals surface area contributed by atoms with E-state index in [0.717, 1.165) is 25.7 Å². The van der Waals surface area contributed by atoms with Crippen molar-refractivity contribution in [1.29, 1.82) is 5.26 Å². The minimum Gasteiger partial charge on any atom is -0.396 e. The number of hydrogen-bond donors (Lipinski definition) is 3. The van der Waals surface area contributed by atoms with Crippen LogP contribution in [0.4, 0.5) is 5.69 Å². The summed E-state index contributed by atoms with van der Waals surface area (Å²) in [5.41, 5.74) is 0.430. The van der Waals surface area contributed by atoms with Gasteiger partial charge in [0.15, 0.2) is 0 Å². The third-order valence-electron chi connectivity index (χ3n) is 5.65. The first-order valence-corrected chi connectivity index (χ1v) is 9.91. The highest BCUT2D eigenvalue weighted by atomic mass is 16.3. The van der Waals surface area contributed by atoms with Crippen LogP contribution in [0.5, 0.6) is 0 Å². The number of hydrogen-bond acceptors (Lipinski definition) is 5. The molecule has 2 amide bonds. The largest absolute Gasteiger partial charge is 0.396 e. The lowest BCUT2D eigenvalue weighted by atomic mass is 9.98. The molecule has 1 aromatic carbocycles. The normalized spacial score (nSPS) is 21.3. The van der Waals surface area contributed by atoms with Crippen LogP contribution < -0.4 is 10.6 Å². The maximum atomic E-state index is 12.8. The zero-order valence-corrected chi connectivity index (χ0v) is 16.3. The smallest absolute Gasteiger partial charge is 0.253 e. The molecule has 0 aromatic heterocycles. The zero-order chi connectivity index (χ0) is 20.1. The Kier molecular flexibility index (Phi) is 6.20. The maximum absolute atomic E-state index is 12.8. The fourth-order valence-electron chi connectivity index (χ4n) is 3.74. The van der Waals surface area contributed by atoms with Gasteiger partial charge in [0, 0.05) is 30.9 Å². The van der Waals surface area contributed by atoms with Crippen molar-refractivity contribution < 1.29 is 14.7 Å². The molecule has 1 saturated carbocycles. The Hall–Kier alpha value is -2.59. The molecular formula is C21H28N4O3. The van der Waals surface area contributed by atoms with Crippen molar-refractivity contribution in [2.24, 2.45) is 11.8 Å². The van der Waals surface area contributed by atoms with Gasteiger partial charge in [0.2, 0.25) is 5.91 Å². The van der Waals surface area contributed by atoms with E-state index >= 15 is 0 Å². The molecule has 1 aliphatic carbocycles. The van der Waals surface area contributed by atoms with Crippen molar-refractivity contribution in [2.75, 3.05) is 31.6 Å². The molecule has 0 radical (unpaired) electrons. The van der Waals surface area contributed by atoms with Gasteiger partial charge in [0.1, 0.15) is 5.54 Å². The van der Waals surface area contributed by atoms with Gasteiger partial charge in [-0.05, 0) is 62.6 Å². The van der Waals surface area contributed by atoms with Crippen LogP contribution in [-0.4, -0.2) is 53.6 Å². The predicted octanol–water partition coefficient (Wildman–Crippen LogP) is 1.75. The molecule has 1 aromatic rings. The first kappa shape index (κ1) is 20.2. The van der Waals surface area contributed by atoms with Gasteiger partial charge in [-0.1, -0.05) is 6.07 Å². The van der Waals surface area contributed by atoms with E-state index in [1.807, 2.05) is 0 Å². The summed E-state index contributed by atoms with van der Waals surface area (Å²) >= 11 is 0. The van der Waals surface area contributed by atoms with Crippen LogP contribution in [0.3, 0.4) is 0 Å². The molecule has 0 spiro atoms. The minimum absolute atomic E-state index is 0.0396. The topological polar surface area (TPSA) is 105 Å². The first-order valence-electron chi connectivity index (χ1n) is 9.91. The number of nitrogens with zero attached hydrogens (tertiary/aromatic N) is 2. The van der Waals surface area contributed by atoms with E-state index in [-0.39, 0.29) is 36.8 Å². The molecular weight excluding hydrogens is 356 g/mol. The van der Waals surface area contributed by atoms with Crippen molar-refractivity contribution in [3.05, 3.63) is 29.8 Å². The second kappa shape index (κ2) is 8.61. The van der Waals surface area contributed by atoms with Gasteiger partial charge in [0.05, 0.1) is 12.6 Å². The number of anilines is 1. The van der Waals surface area contributed by atoms with Crippen molar-refractivity contribution in [1.82, 2.24) is 10.2 Å². The summed E-state index contributed by atoms with van der Waals surface area (Å²) < 4.78 is 0. The number of rotatable bonds is 7. The van der Waals surface area contributed by atoms with E-state index in [0.29, 0.717) is 24.3 Å². The van der Waals surface area contributed by atoms with Crippen LogP contribution >= 0.6 is 0 Å². The van der Waals surface area contributed by atoms with Crippen LogP contribution in [0.1, 0.15) is 43.0 Å². The number of carbonyl (C=O) groups is 2. The highest BCUT2D eigenvalue weighted by Gasteiger charge is 2.42. The molecule has 0 bridgehead atoms. The Labute approximate surface area is 165 Å². The number of aliphatic hydroxyl groups excluding tert-OH is 1. The number of aliphatic hydroxyl groups is 1. The predicted molar refractivity (Wildman–Crippen MR) is 106 cm³/mol. The average Bonchev–Trinajstić information content (AvgIpc) is 3.58. The number of amides is 2. The van der Waals surface area contributed by atoms with Crippen LogP contribution in [0.2, 0.25) is 0 Å². The molecule has 1 saturated heterocycles. The van der Waals surface area contributed by atoms with Crippen molar-refractivity contribution in [2.45, 2.75) is 38.1 Å². The fraction of sp³-hybridized carbons (Fsp3) is 0.571. The van der Waals surface area contributed by atoms with E-state index in [2.05, 4.69) is 16.7 Å². The highest BCUT2D eigenvalue weighted by molar-refractivity contribution is 5.95. The number of likely N-dealkylation sites (tertiary alicyclic amines) is 1. The van der Waals surface area contributed by atoms with Crippen LogP contribution in [-0.2, 0) is 4.79 Å². The third kappa shape index (κ3) is 4.82.